The molecule has 3 N–H and O–H groups in total. The van der Waals surface area contributed by atoms with Crippen LogP contribution >= 0.6 is 0 Å². The molecule has 43 heavy (non-hydrogen) atoms. The molecule has 6 rings (SSSR count). The SMILES string of the molecule is CC(C)(C)[C@H](NC(=O)c1cc2ccccc2[nH]1)C(=O)N1C[C@@H]2C[C@H]1CN2C(=O)c1ccc(-c2ccc(C(=O)O)cc2)cn1. The third-order valence-corrected chi connectivity index (χ3v) is 8.40. The third-order valence-electron chi connectivity index (χ3n) is 8.40. The number of nitrogens with zero attached hydrogens (tertiary/aromatic N) is 3. The molecule has 2 saturated heterocycles. The molecule has 4 heterocycles. The van der Waals surface area contributed by atoms with Crippen molar-refractivity contribution in [1.82, 2.24) is 25.1 Å². The number of piperazine rings is 1. The fourth-order valence-corrected chi connectivity index (χ4v) is 6.05. The zero-order chi connectivity index (χ0) is 30.5. The lowest BCUT2D eigenvalue weighted by Gasteiger charge is -2.39. The van der Waals surface area contributed by atoms with Crippen LogP contribution < -0.4 is 5.32 Å². The number of carboxylic acid groups (broad SMARTS) is 1. The highest BCUT2D eigenvalue weighted by Crippen LogP contribution is 2.34. The van der Waals surface area contributed by atoms with Gasteiger partial charge >= 0.3 is 5.97 Å². The number of carbonyl (C=O) groups excluding carboxylic acids is 3. The highest BCUT2D eigenvalue weighted by molar-refractivity contribution is 6.00. The van der Waals surface area contributed by atoms with Crippen LogP contribution in [-0.2, 0) is 4.79 Å². The number of carbonyl (C=O) groups is 4. The molecule has 2 aromatic heterocycles. The molecule has 0 aliphatic carbocycles. The Kier molecular flexibility index (Phi) is 7.00. The van der Waals surface area contributed by atoms with E-state index in [9.17, 15) is 19.2 Å². The van der Waals surface area contributed by atoms with Crippen LogP contribution in [0.1, 0.15) is 58.5 Å². The molecular formula is C33H33N5O5. The van der Waals surface area contributed by atoms with Crippen LogP contribution in [0.25, 0.3) is 22.0 Å². The average molecular weight is 580 g/mol. The first kappa shape index (κ1) is 28.1. The van der Waals surface area contributed by atoms with Crippen molar-refractivity contribution in [2.24, 2.45) is 5.41 Å². The average Bonchev–Trinajstić information content (AvgIpc) is 3.73. The van der Waals surface area contributed by atoms with E-state index in [1.54, 1.807) is 41.4 Å². The lowest BCUT2D eigenvalue weighted by Crippen LogP contribution is -2.59. The molecule has 4 aromatic rings. The fourth-order valence-electron chi connectivity index (χ4n) is 6.05. The number of benzene rings is 2. The number of amides is 3. The van der Waals surface area contributed by atoms with Crippen LogP contribution in [0.15, 0.2) is 72.9 Å². The summed E-state index contributed by atoms with van der Waals surface area (Å²) >= 11 is 0. The largest absolute Gasteiger partial charge is 0.478 e. The minimum Gasteiger partial charge on any atom is -0.478 e. The van der Waals surface area contributed by atoms with Gasteiger partial charge in [0.25, 0.3) is 11.8 Å². The standard InChI is InChI=1S/C33H33N5O5/c1-33(2,3)28(36-29(39)27-14-21-6-4-5-7-25(21)35-27)31(41)38-18-23-15-24(38)17-37(23)30(40)26-13-12-22(16-34-26)19-8-10-20(11-9-19)32(42)43/h4-14,16,23-24,28,35H,15,17-18H2,1-3H3,(H,36,39)(H,42,43)/t23-,24-,28+/m0/s1. The van der Waals surface area contributed by atoms with Crippen molar-refractivity contribution in [2.75, 3.05) is 13.1 Å². The summed E-state index contributed by atoms with van der Waals surface area (Å²) in [5.74, 6) is -1.66. The van der Waals surface area contributed by atoms with Crippen molar-refractivity contribution in [3.05, 3.63) is 89.9 Å². The first-order chi connectivity index (χ1) is 20.5. The zero-order valence-electron chi connectivity index (χ0n) is 24.2. The number of nitrogens with one attached hydrogen (secondary N) is 2. The van der Waals surface area contributed by atoms with Gasteiger partial charge in [0.05, 0.1) is 17.6 Å². The summed E-state index contributed by atoms with van der Waals surface area (Å²) in [4.78, 5) is 62.7. The summed E-state index contributed by atoms with van der Waals surface area (Å²) < 4.78 is 0. The van der Waals surface area contributed by atoms with Crippen molar-refractivity contribution >= 4 is 34.6 Å². The highest BCUT2D eigenvalue weighted by atomic mass is 16.4. The van der Waals surface area contributed by atoms with Crippen LogP contribution in [0, 0.1) is 5.41 Å². The molecule has 220 valence electrons. The van der Waals surface area contributed by atoms with E-state index >= 15 is 0 Å². The Bertz CT molecular complexity index is 1690. The number of H-pyrrole nitrogens is 1. The van der Waals surface area contributed by atoms with E-state index < -0.39 is 17.4 Å². The molecule has 0 saturated carbocycles. The van der Waals surface area contributed by atoms with Crippen LogP contribution in [0.3, 0.4) is 0 Å². The zero-order valence-corrected chi connectivity index (χ0v) is 24.2. The molecule has 3 amide bonds. The third kappa shape index (κ3) is 5.36. The van der Waals surface area contributed by atoms with Crippen molar-refractivity contribution < 1.29 is 24.3 Å². The van der Waals surface area contributed by atoms with Crippen molar-refractivity contribution in [3.63, 3.8) is 0 Å². The van der Waals surface area contributed by atoms with E-state index in [2.05, 4.69) is 15.3 Å². The molecule has 2 aliphatic heterocycles. The molecule has 3 atom stereocenters. The summed E-state index contributed by atoms with van der Waals surface area (Å²) in [5, 5.41) is 13.0. The molecule has 2 aliphatic rings. The van der Waals surface area contributed by atoms with Crippen LogP contribution in [0.4, 0.5) is 0 Å². The smallest absolute Gasteiger partial charge is 0.335 e. The number of pyridine rings is 1. The predicted octanol–water partition coefficient (Wildman–Crippen LogP) is 4.20. The van der Waals surface area contributed by atoms with Gasteiger partial charge in [-0.25, -0.2) is 4.79 Å². The maximum absolute atomic E-state index is 13.9. The van der Waals surface area contributed by atoms with Crippen molar-refractivity contribution in [3.8, 4) is 11.1 Å². The second kappa shape index (κ2) is 10.7. The molecule has 2 fully saturated rings. The van der Waals surface area contributed by atoms with Crippen LogP contribution in [0.2, 0.25) is 0 Å². The molecule has 0 unspecified atom stereocenters. The molecule has 2 bridgehead atoms. The fraction of sp³-hybridized carbons (Fsp3) is 0.303. The molecule has 0 radical (unpaired) electrons. The van der Waals surface area contributed by atoms with E-state index in [1.807, 2.05) is 49.9 Å². The molecule has 10 nitrogen and oxygen atoms in total. The van der Waals surface area contributed by atoms with E-state index in [0.29, 0.717) is 30.9 Å². The Balaban J connectivity index is 1.11. The van der Waals surface area contributed by atoms with Gasteiger partial charge in [0.1, 0.15) is 17.4 Å². The molecule has 0 spiro atoms. The van der Waals surface area contributed by atoms with Gasteiger partial charge in [0.15, 0.2) is 0 Å². The van der Waals surface area contributed by atoms with Gasteiger partial charge in [0, 0.05) is 35.8 Å². The first-order valence-corrected chi connectivity index (χ1v) is 14.3. The Morgan fingerprint density at radius 1 is 0.930 bits per heavy atom. The molecular weight excluding hydrogens is 546 g/mol. The second-order valence-electron chi connectivity index (χ2n) is 12.3. The van der Waals surface area contributed by atoms with Gasteiger partial charge in [0.2, 0.25) is 5.91 Å². The van der Waals surface area contributed by atoms with E-state index in [-0.39, 0.29) is 35.4 Å². The highest BCUT2D eigenvalue weighted by Gasteiger charge is 2.50. The van der Waals surface area contributed by atoms with E-state index in [4.69, 9.17) is 5.11 Å². The number of hydrogen-bond donors (Lipinski definition) is 3. The van der Waals surface area contributed by atoms with Crippen molar-refractivity contribution in [2.45, 2.75) is 45.3 Å². The van der Waals surface area contributed by atoms with E-state index in [0.717, 1.165) is 22.0 Å². The first-order valence-electron chi connectivity index (χ1n) is 14.3. The Labute approximate surface area is 248 Å². The number of likely N-dealkylation sites (tertiary alicyclic amines) is 2. The van der Waals surface area contributed by atoms with Gasteiger partial charge in [-0.1, -0.05) is 57.2 Å². The Morgan fingerprint density at radius 3 is 2.21 bits per heavy atom. The lowest BCUT2D eigenvalue weighted by molar-refractivity contribution is -0.138. The summed E-state index contributed by atoms with van der Waals surface area (Å²) in [7, 11) is 0. The number of para-hydroxylation sites is 1. The summed E-state index contributed by atoms with van der Waals surface area (Å²) in [6.07, 6.45) is 2.29. The summed E-state index contributed by atoms with van der Waals surface area (Å²) in [6, 6.07) is 18.4. The van der Waals surface area contributed by atoms with Crippen LogP contribution in [0.5, 0.6) is 0 Å². The number of fused-ring (bicyclic) bond motifs is 3. The molecule has 2 aromatic carbocycles. The monoisotopic (exact) mass is 579 g/mol. The number of aromatic nitrogens is 2. The van der Waals surface area contributed by atoms with Gasteiger partial charge in [-0.05, 0) is 47.7 Å². The summed E-state index contributed by atoms with van der Waals surface area (Å²) in [5.41, 5.74) is 2.81. The maximum Gasteiger partial charge on any atom is 0.335 e. The van der Waals surface area contributed by atoms with Crippen LogP contribution in [-0.4, -0.2) is 79.8 Å². The number of carboxylic acids is 1. The Hall–Kier alpha value is -4.99. The number of hydrogen-bond acceptors (Lipinski definition) is 5. The van der Waals surface area contributed by atoms with Gasteiger partial charge < -0.3 is 25.2 Å². The number of aromatic carboxylic acids is 1. The minimum absolute atomic E-state index is 0.128. The van der Waals surface area contributed by atoms with Gasteiger partial charge in [-0.3, -0.25) is 19.4 Å². The van der Waals surface area contributed by atoms with E-state index in [1.165, 1.54) is 12.1 Å². The molecule has 10 heteroatoms. The van der Waals surface area contributed by atoms with Gasteiger partial charge in [-0.15, -0.1) is 0 Å². The lowest BCUT2D eigenvalue weighted by atomic mass is 9.85. The quantitative estimate of drug-likeness (QED) is 0.313. The normalized spacial score (nSPS) is 18.6. The Morgan fingerprint density at radius 2 is 1.60 bits per heavy atom. The topological polar surface area (TPSA) is 136 Å². The van der Waals surface area contributed by atoms with Crippen molar-refractivity contribution in [1.29, 1.82) is 0 Å². The minimum atomic E-state index is -0.991. The number of aromatic amines is 1. The maximum atomic E-state index is 13.9. The van der Waals surface area contributed by atoms with Gasteiger partial charge in [-0.2, -0.15) is 0 Å². The predicted molar refractivity (Wildman–Crippen MR) is 161 cm³/mol. The summed E-state index contributed by atoms with van der Waals surface area (Å²) in [6.45, 7) is 6.60. The second-order valence-corrected chi connectivity index (χ2v) is 12.3. The number of rotatable bonds is 6.